The minimum Gasteiger partial charge on any atom is -0.352 e. The van der Waals surface area contributed by atoms with Crippen LogP contribution in [-0.4, -0.2) is 53.2 Å². The highest BCUT2D eigenvalue weighted by Gasteiger charge is 2.16. The van der Waals surface area contributed by atoms with E-state index in [1.54, 1.807) is 0 Å². The largest absolute Gasteiger partial charge is 0.352 e. The number of hydrogen-bond acceptors (Lipinski definition) is 3. The highest BCUT2D eigenvalue weighted by molar-refractivity contribution is 6.21. The number of aromatic amines is 2. The standard InChI is InChI=1S/C19H21N5O/c1-24(2)10-4-9-20-19(25)14-5-3-6-15-16(14)13-8-7-12-11-21-23-17(12)18(13)22-15/h3,5-8,11,21,23H,4,9-10H2,1-2H3,(H,20,25). The molecule has 2 aromatic heterocycles. The molecular formula is C19H21N5O. The summed E-state index contributed by atoms with van der Waals surface area (Å²) in [5, 5.41) is 12.2. The second-order valence-corrected chi connectivity index (χ2v) is 6.56. The van der Waals surface area contributed by atoms with Crippen molar-refractivity contribution in [3.63, 3.8) is 0 Å². The highest BCUT2D eigenvalue weighted by atomic mass is 16.1. The lowest BCUT2D eigenvalue weighted by Crippen LogP contribution is -2.27. The van der Waals surface area contributed by atoms with E-state index >= 15 is 0 Å². The van der Waals surface area contributed by atoms with Gasteiger partial charge in [0.05, 0.1) is 16.6 Å². The maximum atomic E-state index is 12.7. The van der Waals surface area contributed by atoms with Crippen LogP contribution in [0.25, 0.3) is 32.7 Å². The zero-order valence-corrected chi connectivity index (χ0v) is 14.4. The first-order valence-corrected chi connectivity index (χ1v) is 8.45. The van der Waals surface area contributed by atoms with Crippen LogP contribution in [0, 0.1) is 0 Å². The summed E-state index contributed by atoms with van der Waals surface area (Å²) in [7, 11) is 4.06. The number of nitrogens with one attached hydrogen (secondary N) is 3. The van der Waals surface area contributed by atoms with E-state index in [1.165, 1.54) is 0 Å². The van der Waals surface area contributed by atoms with Crippen molar-refractivity contribution in [1.82, 2.24) is 25.4 Å². The van der Waals surface area contributed by atoms with Crippen LogP contribution < -0.4 is 5.32 Å². The van der Waals surface area contributed by atoms with Crippen LogP contribution in [0.2, 0.25) is 0 Å². The van der Waals surface area contributed by atoms with Gasteiger partial charge < -0.3 is 15.3 Å². The van der Waals surface area contributed by atoms with Crippen molar-refractivity contribution >= 4 is 38.6 Å². The van der Waals surface area contributed by atoms with Crippen LogP contribution in [0.4, 0.5) is 0 Å². The first-order chi connectivity index (χ1) is 12.1. The van der Waals surface area contributed by atoms with Gasteiger partial charge in [0.2, 0.25) is 0 Å². The minimum atomic E-state index is -0.0446. The van der Waals surface area contributed by atoms with Crippen LogP contribution in [0.15, 0.2) is 36.5 Å². The fourth-order valence-corrected chi connectivity index (χ4v) is 3.28. The Morgan fingerprint density at radius 3 is 2.96 bits per heavy atom. The third-order valence-electron chi connectivity index (χ3n) is 4.49. The summed E-state index contributed by atoms with van der Waals surface area (Å²) in [6.45, 7) is 1.61. The van der Waals surface area contributed by atoms with Gasteiger partial charge in [-0.3, -0.25) is 9.89 Å². The second-order valence-electron chi connectivity index (χ2n) is 6.56. The zero-order valence-electron chi connectivity index (χ0n) is 14.4. The summed E-state index contributed by atoms with van der Waals surface area (Å²) in [4.78, 5) is 19.5. The molecule has 4 rings (SSSR count). The van der Waals surface area contributed by atoms with Crippen LogP contribution in [-0.2, 0) is 0 Å². The maximum Gasteiger partial charge on any atom is 0.251 e. The molecule has 0 atom stereocenters. The number of H-pyrrole nitrogens is 2. The maximum absolute atomic E-state index is 12.7. The second kappa shape index (κ2) is 6.22. The molecule has 25 heavy (non-hydrogen) atoms. The van der Waals surface area contributed by atoms with Crippen molar-refractivity contribution in [2.45, 2.75) is 6.42 Å². The molecule has 6 nitrogen and oxygen atoms in total. The first kappa shape index (κ1) is 15.7. The van der Waals surface area contributed by atoms with Crippen molar-refractivity contribution in [2.75, 3.05) is 27.2 Å². The SMILES string of the molecule is CN(C)CCCNC(=O)c1cccc2nc3c(ccc4c[nH][nH]c43)c12. The number of carbonyl (C=O) groups excluding carboxylic acids is 1. The van der Waals surface area contributed by atoms with Gasteiger partial charge in [-0.2, -0.15) is 0 Å². The number of carbonyl (C=O) groups is 1. The first-order valence-electron chi connectivity index (χ1n) is 8.45. The lowest BCUT2D eigenvalue weighted by Gasteiger charge is -2.10. The van der Waals surface area contributed by atoms with Gasteiger partial charge >= 0.3 is 0 Å². The molecule has 0 radical (unpaired) electrons. The highest BCUT2D eigenvalue weighted by Crippen LogP contribution is 2.32. The Bertz CT molecular complexity index is 1060. The lowest BCUT2D eigenvalue weighted by atomic mass is 10.0. The molecule has 1 amide bonds. The number of benzene rings is 2. The Balaban J connectivity index is 1.74. The smallest absolute Gasteiger partial charge is 0.251 e. The Labute approximate surface area is 145 Å². The van der Waals surface area contributed by atoms with Gasteiger partial charge in [-0.1, -0.05) is 18.2 Å². The van der Waals surface area contributed by atoms with E-state index in [-0.39, 0.29) is 5.91 Å². The van der Waals surface area contributed by atoms with Crippen molar-refractivity contribution in [2.24, 2.45) is 0 Å². The van der Waals surface area contributed by atoms with Gasteiger partial charge in [0.25, 0.3) is 5.91 Å². The third-order valence-corrected chi connectivity index (χ3v) is 4.49. The summed E-state index contributed by atoms with van der Waals surface area (Å²) < 4.78 is 0. The summed E-state index contributed by atoms with van der Waals surface area (Å²) in [5.74, 6) is -0.0446. The van der Waals surface area contributed by atoms with Gasteiger partial charge in [-0.15, -0.1) is 0 Å². The van der Waals surface area contributed by atoms with Crippen LogP contribution >= 0.6 is 0 Å². The Hall–Kier alpha value is -2.86. The molecule has 0 aliphatic rings. The van der Waals surface area contributed by atoms with Gasteiger partial charge in [-0.25, -0.2) is 4.98 Å². The predicted molar refractivity (Wildman–Crippen MR) is 101 cm³/mol. The predicted octanol–water partition coefficient (Wildman–Crippen LogP) is 2.88. The number of fused-ring (bicyclic) bond motifs is 5. The fourth-order valence-electron chi connectivity index (χ4n) is 3.28. The van der Waals surface area contributed by atoms with Crippen molar-refractivity contribution in [1.29, 1.82) is 0 Å². The molecule has 2 aromatic carbocycles. The molecule has 3 N–H and O–H groups in total. The van der Waals surface area contributed by atoms with E-state index in [1.807, 2.05) is 50.6 Å². The van der Waals surface area contributed by atoms with E-state index in [4.69, 9.17) is 4.98 Å². The van der Waals surface area contributed by atoms with Gasteiger partial charge in [0.1, 0.15) is 0 Å². The molecule has 0 fully saturated rings. The Kier molecular flexibility index (Phi) is 3.89. The normalized spacial score (nSPS) is 11.8. The molecular weight excluding hydrogens is 314 g/mol. The summed E-state index contributed by atoms with van der Waals surface area (Å²) in [6.07, 6.45) is 2.83. The van der Waals surface area contributed by atoms with Crippen LogP contribution in [0.5, 0.6) is 0 Å². The third kappa shape index (κ3) is 2.74. The van der Waals surface area contributed by atoms with Crippen LogP contribution in [0.3, 0.4) is 0 Å². The van der Waals surface area contributed by atoms with E-state index in [0.29, 0.717) is 12.1 Å². The molecule has 128 valence electrons. The van der Waals surface area contributed by atoms with Crippen molar-refractivity contribution in [3.05, 3.63) is 42.1 Å². The molecule has 0 aliphatic carbocycles. The number of hydrogen-bond donors (Lipinski definition) is 3. The molecule has 0 saturated carbocycles. The average Bonchev–Trinajstić information content (AvgIpc) is 3.21. The monoisotopic (exact) mass is 335 g/mol. The quantitative estimate of drug-likeness (QED) is 0.491. The van der Waals surface area contributed by atoms with Gasteiger partial charge in [0.15, 0.2) is 0 Å². The molecule has 0 unspecified atom stereocenters. The van der Waals surface area contributed by atoms with Crippen LogP contribution in [0.1, 0.15) is 16.8 Å². The molecule has 0 saturated heterocycles. The van der Waals surface area contributed by atoms with E-state index in [0.717, 1.165) is 45.7 Å². The molecule has 6 heteroatoms. The summed E-state index contributed by atoms with van der Waals surface area (Å²) in [6, 6.07) is 9.79. The number of nitrogens with zero attached hydrogens (tertiary/aromatic N) is 2. The van der Waals surface area contributed by atoms with E-state index in [2.05, 4.69) is 20.4 Å². The molecule has 4 aromatic rings. The van der Waals surface area contributed by atoms with Crippen molar-refractivity contribution in [3.8, 4) is 0 Å². The average molecular weight is 335 g/mol. The van der Waals surface area contributed by atoms with Crippen molar-refractivity contribution < 1.29 is 4.79 Å². The van der Waals surface area contributed by atoms with Gasteiger partial charge in [0, 0.05) is 34.5 Å². The fraction of sp³-hybridized carbons (Fsp3) is 0.263. The lowest BCUT2D eigenvalue weighted by molar-refractivity contribution is 0.0954. The number of amides is 1. The zero-order chi connectivity index (χ0) is 17.4. The molecule has 0 aliphatic heterocycles. The molecule has 2 heterocycles. The Morgan fingerprint density at radius 2 is 2.12 bits per heavy atom. The van der Waals surface area contributed by atoms with E-state index in [9.17, 15) is 4.79 Å². The minimum absolute atomic E-state index is 0.0446. The molecule has 0 bridgehead atoms. The summed E-state index contributed by atoms with van der Waals surface area (Å²) in [5.41, 5.74) is 3.38. The van der Waals surface area contributed by atoms with E-state index < -0.39 is 0 Å². The topological polar surface area (TPSA) is 76.8 Å². The molecule has 0 spiro atoms. The van der Waals surface area contributed by atoms with Gasteiger partial charge in [-0.05, 0) is 39.2 Å². The number of rotatable bonds is 5. The summed E-state index contributed by atoms with van der Waals surface area (Å²) >= 11 is 0. The Morgan fingerprint density at radius 1 is 1.24 bits per heavy atom. The number of aromatic nitrogens is 3.